The van der Waals surface area contributed by atoms with E-state index < -0.39 is 6.04 Å². The lowest BCUT2D eigenvalue weighted by atomic mass is 10.0. The second kappa shape index (κ2) is 4.95. The Balaban J connectivity index is 2.45. The molecule has 0 aliphatic rings. The first-order valence-electron chi connectivity index (χ1n) is 5.01. The fourth-order valence-electron chi connectivity index (χ4n) is 1.66. The van der Waals surface area contributed by atoms with E-state index >= 15 is 0 Å². The summed E-state index contributed by atoms with van der Waals surface area (Å²) in [4.78, 5) is 4.17. The van der Waals surface area contributed by atoms with Crippen molar-refractivity contribution >= 4 is 15.9 Å². The number of rotatable bonds is 3. The molecular weight excluding hydrogens is 287 g/mol. The van der Waals surface area contributed by atoms with Crippen molar-refractivity contribution in [2.24, 2.45) is 12.9 Å². The Bertz CT molecular complexity index is 526. The van der Waals surface area contributed by atoms with Gasteiger partial charge in [-0.2, -0.15) is 0 Å². The van der Waals surface area contributed by atoms with E-state index in [1.807, 2.05) is 7.05 Å². The molecule has 0 amide bonds. The Labute approximate surface area is 107 Å². The first kappa shape index (κ1) is 12.2. The van der Waals surface area contributed by atoms with Gasteiger partial charge in [-0.15, -0.1) is 0 Å². The number of halogens is 2. The van der Waals surface area contributed by atoms with Crippen LogP contribution in [-0.4, -0.2) is 9.55 Å². The highest BCUT2D eigenvalue weighted by molar-refractivity contribution is 9.10. The van der Waals surface area contributed by atoms with E-state index in [9.17, 15) is 4.39 Å². The van der Waals surface area contributed by atoms with Gasteiger partial charge >= 0.3 is 0 Å². The van der Waals surface area contributed by atoms with Crippen LogP contribution in [0.5, 0.6) is 0 Å². The molecule has 0 aliphatic heterocycles. The summed E-state index contributed by atoms with van der Waals surface area (Å²) in [5.41, 5.74) is 3.71. The molecule has 0 spiro atoms. The van der Waals surface area contributed by atoms with Gasteiger partial charge in [0.25, 0.3) is 0 Å². The van der Waals surface area contributed by atoms with Crippen LogP contribution in [0.25, 0.3) is 0 Å². The summed E-state index contributed by atoms with van der Waals surface area (Å²) in [6.45, 7) is 0. The number of nitrogens with zero attached hydrogens (tertiary/aromatic N) is 2. The normalized spacial score (nSPS) is 12.7. The summed E-state index contributed by atoms with van der Waals surface area (Å²) >= 11 is 3.15. The maximum atomic E-state index is 14.0. The van der Waals surface area contributed by atoms with Gasteiger partial charge in [0.2, 0.25) is 0 Å². The summed E-state index contributed by atoms with van der Waals surface area (Å²) in [6.07, 6.45) is 3.44. The number of hydrogen-bond donors (Lipinski definition) is 2. The number of hydrazine groups is 1. The zero-order valence-corrected chi connectivity index (χ0v) is 10.8. The molecule has 3 N–H and O–H groups in total. The lowest BCUT2D eigenvalue weighted by Gasteiger charge is -2.15. The van der Waals surface area contributed by atoms with Crippen molar-refractivity contribution in [3.63, 3.8) is 0 Å². The molecule has 0 radical (unpaired) electrons. The topological polar surface area (TPSA) is 55.9 Å². The van der Waals surface area contributed by atoms with Crippen LogP contribution in [-0.2, 0) is 7.05 Å². The molecule has 0 aliphatic carbocycles. The minimum Gasteiger partial charge on any atom is -0.340 e. The van der Waals surface area contributed by atoms with Gasteiger partial charge in [-0.3, -0.25) is 5.84 Å². The van der Waals surface area contributed by atoms with Gasteiger partial charge in [0.05, 0.1) is 22.5 Å². The van der Waals surface area contributed by atoms with E-state index in [1.165, 1.54) is 0 Å². The smallest absolute Gasteiger partial charge is 0.142 e. The van der Waals surface area contributed by atoms with Crippen LogP contribution in [0.15, 0.2) is 35.2 Å². The summed E-state index contributed by atoms with van der Waals surface area (Å²) < 4.78 is 16.1. The summed E-state index contributed by atoms with van der Waals surface area (Å²) in [7, 11) is 1.85. The maximum Gasteiger partial charge on any atom is 0.142 e. The number of nitrogens with one attached hydrogen (secondary N) is 1. The van der Waals surface area contributed by atoms with Gasteiger partial charge in [0, 0.05) is 18.8 Å². The highest BCUT2D eigenvalue weighted by Gasteiger charge is 2.19. The fourth-order valence-corrected chi connectivity index (χ4v) is 2.04. The van der Waals surface area contributed by atoms with Crippen molar-refractivity contribution in [1.82, 2.24) is 15.0 Å². The number of aromatic nitrogens is 2. The number of imidazole rings is 1. The van der Waals surface area contributed by atoms with Crippen LogP contribution in [0.3, 0.4) is 0 Å². The van der Waals surface area contributed by atoms with E-state index in [-0.39, 0.29) is 5.82 Å². The van der Waals surface area contributed by atoms with Gasteiger partial charge in [-0.05, 0) is 22.0 Å². The van der Waals surface area contributed by atoms with Gasteiger partial charge < -0.3 is 4.57 Å². The molecule has 0 saturated carbocycles. The third-order valence-electron chi connectivity index (χ3n) is 2.48. The van der Waals surface area contributed by atoms with Gasteiger partial charge in [0.1, 0.15) is 5.82 Å². The molecule has 1 heterocycles. The minimum atomic E-state index is -0.464. The molecule has 4 nitrogen and oxygen atoms in total. The predicted octanol–water partition coefficient (Wildman–Crippen LogP) is 1.87. The Morgan fingerprint density at radius 1 is 1.53 bits per heavy atom. The standard InChI is InChI=1S/C11H12BrFN4/c1-17-5-9(15-6-17)11(16-14)7-3-2-4-8(12)10(7)13/h2-6,11,16H,14H2,1H3. The minimum absolute atomic E-state index is 0.332. The Morgan fingerprint density at radius 2 is 2.29 bits per heavy atom. The third-order valence-corrected chi connectivity index (χ3v) is 3.09. The van der Waals surface area contributed by atoms with Crippen LogP contribution in [0, 0.1) is 5.82 Å². The van der Waals surface area contributed by atoms with Gasteiger partial charge in [-0.25, -0.2) is 14.8 Å². The molecular formula is C11H12BrFN4. The Morgan fingerprint density at radius 3 is 2.88 bits per heavy atom. The van der Waals surface area contributed by atoms with Gasteiger partial charge in [0.15, 0.2) is 0 Å². The average molecular weight is 299 g/mol. The van der Waals surface area contributed by atoms with Crippen LogP contribution in [0.2, 0.25) is 0 Å². The van der Waals surface area contributed by atoms with Crippen molar-refractivity contribution in [2.75, 3.05) is 0 Å². The summed E-state index contributed by atoms with van der Waals surface area (Å²) in [5.74, 6) is 5.15. The molecule has 90 valence electrons. The van der Waals surface area contributed by atoms with Crippen molar-refractivity contribution in [2.45, 2.75) is 6.04 Å². The zero-order valence-electron chi connectivity index (χ0n) is 9.19. The first-order chi connectivity index (χ1) is 8.13. The molecule has 1 atom stereocenters. The number of nitrogens with two attached hydrogens (primary N) is 1. The quantitative estimate of drug-likeness (QED) is 0.672. The van der Waals surface area contributed by atoms with Gasteiger partial charge in [-0.1, -0.05) is 12.1 Å². The van der Waals surface area contributed by atoms with Crippen molar-refractivity contribution in [3.05, 3.63) is 52.3 Å². The van der Waals surface area contributed by atoms with E-state index in [0.29, 0.717) is 15.7 Å². The third kappa shape index (κ3) is 2.38. The molecule has 1 aromatic heterocycles. The van der Waals surface area contributed by atoms with Crippen molar-refractivity contribution in [3.8, 4) is 0 Å². The first-order valence-corrected chi connectivity index (χ1v) is 5.80. The molecule has 0 saturated heterocycles. The number of aryl methyl sites for hydroxylation is 1. The van der Waals surface area contributed by atoms with E-state index in [2.05, 4.69) is 26.3 Å². The van der Waals surface area contributed by atoms with E-state index in [1.54, 1.807) is 35.3 Å². The second-order valence-corrected chi connectivity index (χ2v) is 4.56. The SMILES string of the molecule is Cn1cnc(C(NN)c2cccc(Br)c2F)c1. The molecule has 1 unspecified atom stereocenters. The van der Waals surface area contributed by atoms with Crippen molar-refractivity contribution in [1.29, 1.82) is 0 Å². The zero-order chi connectivity index (χ0) is 12.4. The molecule has 2 rings (SSSR count). The highest BCUT2D eigenvalue weighted by atomic mass is 79.9. The lowest BCUT2D eigenvalue weighted by molar-refractivity contribution is 0.550. The lowest BCUT2D eigenvalue weighted by Crippen LogP contribution is -2.29. The monoisotopic (exact) mass is 298 g/mol. The predicted molar refractivity (Wildman–Crippen MR) is 66.5 cm³/mol. The van der Waals surface area contributed by atoms with Crippen LogP contribution >= 0.6 is 15.9 Å². The maximum absolute atomic E-state index is 14.0. The summed E-state index contributed by atoms with van der Waals surface area (Å²) in [5, 5.41) is 0. The van der Waals surface area contributed by atoms with Crippen LogP contribution < -0.4 is 11.3 Å². The second-order valence-electron chi connectivity index (χ2n) is 3.71. The Hall–Kier alpha value is -1.24. The fraction of sp³-hybridized carbons (Fsp3) is 0.182. The Kier molecular flexibility index (Phi) is 3.56. The molecule has 17 heavy (non-hydrogen) atoms. The molecule has 1 aromatic carbocycles. The highest BCUT2D eigenvalue weighted by Crippen LogP contribution is 2.26. The summed E-state index contributed by atoms with van der Waals surface area (Å²) in [6, 6.07) is 4.62. The molecule has 0 bridgehead atoms. The number of benzene rings is 1. The van der Waals surface area contributed by atoms with Crippen LogP contribution in [0.1, 0.15) is 17.3 Å². The average Bonchev–Trinajstić information content (AvgIpc) is 2.72. The molecule has 2 aromatic rings. The molecule has 0 fully saturated rings. The number of hydrogen-bond acceptors (Lipinski definition) is 3. The van der Waals surface area contributed by atoms with E-state index in [0.717, 1.165) is 0 Å². The largest absolute Gasteiger partial charge is 0.340 e. The molecule has 6 heteroatoms. The van der Waals surface area contributed by atoms with E-state index in [4.69, 9.17) is 5.84 Å². The van der Waals surface area contributed by atoms with Crippen LogP contribution in [0.4, 0.5) is 4.39 Å². The van der Waals surface area contributed by atoms with Crippen molar-refractivity contribution < 1.29 is 4.39 Å².